The van der Waals surface area contributed by atoms with Crippen LogP contribution in [0.4, 0.5) is 0 Å². The Kier molecular flexibility index (Phi) is 10.5. The Morgan fingerprint density at radius 2 is 1.59 bits per heavy atom. The Balaban J connectivity index is 1.28. The molecule has 46 heavy (non-hydrogen) atoms. The van der Waals surface area contributed by atoms with Crippen molar-refractivity contribution in [3.05, 3.63) is 12.2 Å². The molecule has 0 aromatic heterocycles. The molecule has 4 aliphatic carbocycles. The van der Waals surface area contributed by atoms with E-state index >= 15 is 0 Å². The fourth-order valence-electron chi connectivity index (χ4n) is 10.6. The van der Waals surface area contributed by atoms with Crippen LogP contribution in [-0.4, -0.2) is 105 Å². The van der Waals surface area contributed by atoms with Crippen LogP contribution < -0.4 is 0 Å². The summed E-state index contributed by atoms with van der Waals surface area (Å²) in [5, 5.41) is 66.2. The number of fused-ring (bicyclic) bond motifs is 5. The third-order valence-electron chi connectivity index (χ3n) is 13.2. The van der Waals surface area contributed by atoms with Crippen LogP contribution in [-0.2, 0) is 24.1 Å². The highest BCUT2D eigenvalue weighted by atomic mass is 32.3. The highest BCUT2D eigenvalue weighted by molar-refractivity contribution is 7.80. The van der Waals surface area contributed by atoms with Crippen LogP contribution >= 0.6 is 0 Å². The monoisotopic (exact) mass is 676 g/mol. The second kappa shape index (κ2) is 13.2. The average molecular weight is 677 g/mol. The van der Waals surface area contributed by atoms with Crippen LogP contribution in [0.2, 0.25) is 0 Å². The fraction of sp³-hybridized carbons (Fsp3) is 0.939. The van der Waals surface area contributed by atoms with Crippen molar-refractivity contribution in [2.24, 2.45) is 52.3 Å². The molecular formula is C33H56O12S. The molecule has 5 rings (SSSR count). The van der Waals surface area contributed by atoms with Crippen molar-refractivity contribution in [3.63, 3.8) is 0 Å². The average Bonchev–Trinajstić information content (AvgIpc) is 3.25. The van der Waals surface area contributed by atoms with Gasteiger partial charge in [-0.05, 0) is 84.9 Å². The van der Waals surface area contributed by atoms with Crippen LogP contribution in [0.15, 0.2) is 12.2 Å². The molecular weight excluding hydrogens is 620 g/mol. The summed E-state index contributed by atoms with van der Waals surface area (Å²) < 4.78 is 47.0. The van der Waals surface area contributed by atoms with E-state index in [1.54, 1.807) is 0 Å². The summed E-state index contributed by atoms with van der Waals surface area (Å²) in [6, 6.07) is 0. The lowest BCUT2D eigenvalue weighted by atomic mass is 9.42. The van der Waals surface area contributed by atoms with Crippen LogP contribution in [0.5, 0.6) is 0 Å². The van der Waals surface area contributed by atoms with Gasteiger partial charge in [0, 0.05) is 12.3 Å². The lowest BCUT2D eigenvalue weighted by molar-refractivity contribution is -0.300. The Labute approximate surface area is 273 Å². The van der Waals surface area contributed by atoms with Crippen LogP contribution in [0.3, 0.4) is 0 Å². The van der Waals surface area contributed by atoms with E-state index in [4.69, 9.17) is 14.0 Å². The number of aliphatic hydroxyl groups excluding tert-OH is 5. The third kappa shape index (κ3) is 6.60. The van der Waals surface area contributed by atoms with Gasteiger partial charge in [-0.15, -0.1) is 0 Å². The molecule has 0 aromatic rings. The smallest absolute Gasteiger partial charge is 0.393 e. The minimum absolute atomic E-state index is 0.0202. The molecule has 12 nitrogen and oxygen atoms in total. The highest BCUT2D eigenvalue weighted by Crippen LogP contribution is 2.69. The quantitative estimate of drug-likeness (QED) is 0.106. The molecule has 0 aromatic carbocycles. The van der Waals surface area contributed by atoms with E-state index in [1.807, 2.05) is 19.9 Å². The lowest BCUT2D eigenvalue weighted by Gasteiger charge is -2.66. The molecule has 5 aliphatic rings. The number of rotatable bonds is 9. The second-order valence-electron chi connectivity index (χ2n) is 15.9. The Bertz CT molecular complexity index is 1210. The molecule has 4 saturated carbocycles. The molecule has 17 atom stereocenters. The molecule has 1 heterocycles. The first-order valence-corrected chi connectivity index (χ1v) is 18.4. The van der Waals surface area contributed by atoms with Crippen molar-refractivity contribution in [2.75, 3.05) is 13.2 Å². The van der Waals surface area contributed by atoms with Crippen LogP contribution in [0, 0.1) is 52.3 Å². The fourth-order valence-corrected chi connectivity index (χ4v) is 10.9. The topological polar surface area (TPSA) is 203 Å². The first kappa shape index (κ1) is 36.6. The van der Waals surface area contributed by atoms with Gasteiger partial charge in [-0.1, -0.05) is 46.8 Å². The first-order chi connectivity index (χ1) is 21.3. The van der Waals surface area contributed by atoms with Gasteiger partial charge >= 0.3 is 10.4 Å². The molecule has 0 bridgehead atoms. The predicted molar refractivity (Wildman–Crippen MR) is 166 cm³/mol. The van der Waals surface area contributed by atoms with E-state index in [2.05, 4.69) is 31.0 Å². The number of hydrogen-bond acceptors (Lipinski definition) is 11. The molecule has 1 saturated heterocycles. The molecule has 7 N–H and O–H groups in total. The largest absolute Gasteiger partial charge is 0.397 e. The molecule has 5 fully saturated rings. The molecule has 1 unspecified atom stereocenters. The summed E-state index contributed by atoms with van der Waals surface area (Å²) in [7, 11) is -4.50. The molecule has 0 amide bonds. The maximum absolute atomic E-state index is 12.6. The van der Waals surface area contributed by atoms with E-state index in [0.717, 1.165) is 12.8 Å². The third-order valence-corrected chi connectivity index (χ3v) is 13.7. The van der Waals surface area contributed by atoms with Gasteiger partial charge in [0.25, 0.3) is 0 Å². The number of hydrogen-bond donors (Lipinski definition) is 7. The molecule has 266 valence electrons. The van der Waals surface area contributed by atoms with Gasteiger partial charge in [0.1, 0.15) is 18.3 Å². The van der Waals surface area contributed by atoms with Crippen molar-refractivity contribution >= 4 is 10.4 Å². The Hall–Kier alpha value is -0.710. The SMILES string of the molecule is C[C@H](/C=C/[C@@H](C)[C@H]1C[C@H](O)[C@@H]2[C@]1(C)CC[C@@H]1[C@@]3(C)CC[C@H](O[C@@H]4OC[C@@H](O)C(O)[C@@H]4O)C[C@@H]3[C@H](O)C[C@]12O)[C@H](C)COS(=O)(=O)O. The van der Waals surface area contributed by atoms with Gasteiger partial charge in [0.05, 0.1) is 37.1 Å². The number of aliphatic hydroxyl groups is 6. The predicted octanol–water partition coefficient (Wildman–Crippen LogP) is 1.81. The minimum Gasteiger partial charge on any atom is -0.393 e. The maximum atomic E-state index is 12.6. The van der Waals surface area contributed by atoms with E-state index < -0.39 is 64.1 Å². The first-order valence-electron chi connectivity index (χ1n) is 17.0. The van der Waals surface area contributed by atoms with Gasteiger partial charge < -0.3 is 40.1 Å². The zero-order chi connectivity index (χ0) is 34.0. The molecule has 13 heteroatoms. The van der Waals surface area contributed by atoms with E-state index in [0.29, 0.717) is 25.7 Å². The van der Waals surface area contributed by atoms with Crippen molar-refractivity contribution in [3.8, 4) is 0 Å². The van der Waals surface area contributed by atoms with Gasteiger partial charge in [-0.2, -0.15) is 8.42 Å². The van der Waals surface area contributed by atoms with Gasteiger partial charge in [-0.3, -0.25) is 4.55 Å². The van der Waals surface area contributed by atoms with Gasteiger partial charge in [0.15, 0.2) is 6.29 Å². The van der Waals surface area contributed by atoms with E-state index in [9.17, 15) is 39.1 Å². The van der Waals surface area contributed by atoms with Crippen molar-refractivity contribution in [2.45, 2.75) is 128 Å². The molecule has 0 radical (unpaired) electrons. The number of allylic oxidation sites excluding steroid dienone is 2. The van der Waals surface area contributed by atoms with Gasteiger partial charge in [-0.25, -0.2) is 4.18 Å². The summed E-state index contributed by atoms with van der Waals surface area (Å²) in [5.74, 6) is -0.703. The minimum atomic E-state index is -4.50. The highest BCUT2D eigenvalue weighted by Gasteiger charge is 2.70. The summed E-state index contributed by atoms with van der Waals surface area (Å²) in [5.41, 5.74) is -2.00. The summed E-state index contributed by atoms with van der Waals surface area (Å²) in [6.07, 6.45) is 1.38. The van der Waals surface area contributed by atoms with Crippen LogP contribution in [0.25, 0.3) is 0 Å². The van der Waals surface area contributed by atoms with Crippen molar-refractivity contribution in [1.82, 2.24) is 0 Å². The summed E-state index contributed by atoms with van der Waals surface area (Å²) >= 11 is 0. The van der Waals surface area contributed by atoms with Gasteiger partial charge in [0.2, 0.25) is 0 Å². The summed E-state index contributed by atoms with van der Waals surface area (Å²) in [6.45, 7) is 9.98. The Morgan fingerprint density at radius 3 is 2.26 bits per heavy atom. The van der Waals surface area contributed by atoms with E-state index in [-0.39, 0.29) is 66.7 Å². The van der Waals surface area contributed by atoms with E-state index in [1.165, 1.54) is 0 Å². The summed E-state index contributed by atoms with van der Waals surface area (Å²) in [4.78, 5) is 0. The standard InChI is InChI=1S/C33H56O12S/c1-17(19(3)15-44-46(40,41)42)6-7-18(2)21-13-23(34)29-32(21,5)11-9-26-31(4)10-8-20(12-22(31)24(35)14-33(26,29)39)45-30-28(38)27(37)25(36)16-43-30/h6-7,17-30,34-39H,8-16H2,1-5H3,(H,40,41,42)/b7-6+/t17-,18-,19-,20+,21-,22-,23+,24-,25-,26-,27?,28+,29-,30+,31+,32-,33+/m1/s1. The second-order valence-corrected chi connectivity index (χ2v) is 17.0. The lowest BCUT2D eigenvalue weighted by Crippen LogP contribution is -2.68. The molecule has 1 aliphatic heterocycles. The van der Waals surface area contributed by atoms with Crippen molar-refractivity contribution < 1.29 is 57.3 Å². The number of ether oxygens (including phenoxy) is 2. The van der Waals surface area contributed by atoms with Crippen molar-refractivity contribution in [1.29, 1.82) is 0 Å². The normalized spacial score (nSPS) is 50.0. The maximum Gasteiger partial charge on any atom is 0.397 e. The van der Waals surface area contributed by atoms with Crippen LogP contribution in [0.1, 0.15) is 79.6 Å². The Morgan fingerprint density at radius 1 is 0.913 bits per heavy atom. The zero-order valence-electron chi connectivity index (χ0n) is 27.7. The zero-order valence-corrected chi connectivity index (χ0v) is 28.5. The molecule has 0 spiro atoms.